The van der Waals surface area contributed by atoms with Gasteiger partial charge in [0.25, 0.3) is 12.4 Å². The Kier molecular flexibility index (Phi) is 8.55. The number of pyridine rings is 1. The summed E-state index contributed by atoms with van der Waals surface area (Å²) in [7, 11) is 1.84. The van der Waals surface area contributed by atoms with Crippen LogP contribution in [0, 0.1) is 5.92 Å². The summed E-state index contributed by atoms with van der Waals surface area (Å²) < 4.78 is 6.21. The summed E-state index contributed by atoms with van der Waals surface area (Å²) in [6.45, 7) is 3.36. The Morgan fingerprint density at radius 2 is 2.00 bits per heavy atom. The van der Waals surface area contributed by atoms with E-state index in [9.17, 15) is 4.79 Å². The van der Waals surface area contributed by atoms with Crippen molar-refractivity contribution < 1.29 is 19.4 Å². The van der Waals surface area contributed by atoms with Gasteiger partial charge in [0.05, 0.1) is 18.3 Å². The molecule has 2 aliphatic rings. The Labute approximate surface area is 183 Å². The topological polar surface area (TPSA) is 83.0 Å². The first-order valence-electron chi connectivity index (χ1n) is 10.7. The molecule has 4 rings (SSSR count). The highest BCUT2D eigenvalue weighted by atomic mass is 16.5. The minimum atomic E-state index is -0.308. The molecule has 1 N–H and O–H groups in total. The van der Waals surface area contributed by atoms with E-state index in [0.717, 1.165) is 44.6 Å². The summed E-state index contributed by atoms with van der Waals surface area (Å²) in [5, 5.41) is 6.89. The van der Waals surface area contributed by atoms with Crippen LogP contribution in [0.25, 0.3) is 0 Å². The van der Waals surface area contributed by atoms with Crippen molar-refractivity contribution in [3.8, 4) is 0 Å². The molecule has 1 aromatic carbocycles. The minimum Gasteiger partial charge on any atom is -0.483 e. The molecule has 0 aliphatic carbocycles. The Morgan fingerprint density at radius 1 is 1.26 bits per heavy atom. The normalized spacial score (nSPS) is 22.7. The molecule has 2 aromatic rings. The fraction of sp³-hybridized carbons (Fsp3) is 0.458. The zero-order chi connectivity index (χ0) is 22.1. The quantitative estimate of drug-likeness (QED) is 0.716. The van der Waals surface area contributed by atoms with Crippen LogP contribution in [-0.4, -0.2) is 71.2 Å². The van der Waals surface area contributed by atoms with E-state index in [0.29, 0.717) is 12.5 Å². The SMILES string of the molecule is CN(Cc1ccccn1)C(=O)[C@H]1C[C@@H]2CCN(CCc3ccccc3)C[C@@H]2O1.O=CO. The molecular formula is C24H31N3O4. The van der Waals surface area contributed by atoms with Crippen molar-refractivity contribution in [3.63, 3.8) is 0 Å². The van der Waals surface area contributed by atoms with E-state index in [1.54, 1.807) is 11.1 Å². The van der Waals surface area contributed by atoms with Gasteiger partial charge >= 0.3 is 0 Å². The van der Waals surface area contributed by atoms with Gasteiger partial charge in [-0.3, -0.25) is 14.6 Å². The lowest BCUT2D eigenvalue weighted by Gasteiger charge is -2.34. The molecule has 7 nitrogen and oxygen atoms in total. The number of carboxylic acid groups (broad SMARTS) is 1. The number of piperidine rings is 1. The van der Waals surface area contributed by atoms with E-state index in [-0.39, 0.29) is 24.6 Å². The van der Waals surface area contributed by atoms with E-state index in [1.165, 1.54) is 5.56 Å². The summed E-state index contributed by atoms with van der Waals surface area (Å²) >= 11 is 0. The lowest BCUT2D eigenvalue weighted by atomic mass is 9.91. The number of likely N-dealkylation sites (tertiary alicyclic amines) is 1. The minimum absolute atomic E-state index is 0.0795. The molecule has 31 heavy (non-hydrogen) atoms. The first-order chi connectivity index (χ1) is 15.1. The first-order valence-corrected chi connectivity index (χ1v) is 10.7. The molecule has 1 amide bonds. The van der Waals surface area contributed by atoms with Gasteiger partial charge in [0.2, 0.25) is 0 Å². The molecule has 0 saturated carbocycles. The average Bonchev–Trinajstić information content (AvgIpc) is 3.22. The monoisotopic (exact) mass is 425 g/mol. The second-order valence-corrected chi connectivity index (χ2v) is 8.10. The van der Waals surface area contributed by atoms with Gasteiger partial charge < -0.3 is 19.6 Å². The third-order valence-corrected chi connectivity index (χ3v) is 5.97. The molecule has 3 atom stereocenters. The van der Waals surface area contributed by atoms with Gasteiger partial charge in [0, 0.05) is 26.3 Å². The Hall–Kier alpha value is -2.77. The van der Waals surface area contributed by atoms with Gasteiger partial charge in [-0.15, -0.1) is 0 Å². The maximum absolute atomic E-state index is 12.8. The van der Waals surface area contributed by atoms with Crippen molar-refractivity contribution in [2.24, 2.45) is 5.92 Å². The van der Waals surface area contributed by atoms with Crippen LogP contribution < -0.4 is 0 Å². The molecule has 0 bridgehead atoms. The number of carbonyl (C=O) groups excluding carboxylic acids is 1. The molecule has 2 saturated heterocycles. The predicted octanol–water partition coefficient (Wildman–Crippen LogP) is 2.46. The first kappa shape index (κ1) is 22.9. The predicted molar refractivity (Wildman–Crippen MR) is 117 cm³/mol. The van der Waals surface area contributed by atoms with Crippen molar-refractivity contribution >= 4 is 12.4 Å². The maximum atomic E-state index is 12.8. The zero-order valence-electron chi connectivity index (χ0n) is 18.0. The van der Waals surface area contributed by atoms with Crippen molar-refractivity contribution in [1.29, 1.82) is 0 Å². The highest BCUT2D eigenvalue weighted by Gasteiger charge is 2.42. The molecule has 2 fully saturated rings. The van der Waals surface area contributed by atoms with Crippen molar-refractivity contribution in [3.05, 3.63) is 66.0 Å². The third-order valence-electron chi connectivity index (χ3n) is 5.97. The number of nitrogens with zero attached hydrogens (tertiary/aromatic N) is 3. The highest BCUT2D eigenvalue weighted by molar-refractivity contribution is 5.81. The number of hydrogen-bond donors (Lipinski definition) is 1. The number of benzene rings is 1. The van der Waals surface area contributed by atoms with Gasteiger partial charge in [-0.2, -0.15) is 0 Å². The number of fused-ring (bicyclic) bond motifs is 1. The van der Waals surface area contributed by atoms with E-state index in [4.69, 9.17) is 14.6 Å². The highest BCUT2D eigenvalue weighted by Crippen LogP contribution is 2.34. The lowest BCUT2D eigenvalue weighted by molar-refractivity contribution is -0.142. The molecule has 2 aliphatic heterocycles. The molecule has 166 valence electrons. The van der Waals surface area contributed by atoms with Gasteiger partial charge in [-0.1, -0.05) is 36.4 Å². The van der Waals surface area contributed by atoms with Gasteiger partial charge in [-0.05, 0) is 49.4 Å². The van der Waals surface area contributed by atoms with Crippen LogP contribution in [0.2, 0.25) is 0 Å². The summed E-state index contributed by atoms with van der Waals surface area (Å²) in [6.07, 6.45) is 4.67. The smallest absolute Gasteiger partial charge is 0.290 e. The van der Waals surface area contributed by atoms with Gasteiger partial charge in [0.1, 0.15) is 6.10 Å². The second-order valence-electron chi connectivity index (χ2n) is 8.10. The second kappa shape index (κ2) is 11.6. The number of ether oxygens (including phenoxy) is 1. The molecule has 0 unspecified atom stereocenters. The lowest BCUT2D eigenvalue weighted by Crippen LogP contribution is -2.43. The largest absolute Gasteiger partial charge is 0.483 e. The van der Waals surface area contributed by atoms with E-state index in [2.05, 4.69) is 40.2 Å². The Bertz CT molecular complexity index is 818. The number of aromatic nitrogens is 1. The molecule has 1 aromatic heterocycles. The molecular weight excluding hydrogens is 394 g/mol. The van der Waals surface area contributed by atoms with Gasteiger partial charge in [0.15, 0.2) is 0 Å². The zero-order valence-corrected chi connectivity index (χ0v) is 18.0. The molecule has 7 heteroatoms. The third kappa shape index (κ3) is 6.60. The maximum Gasteiger partial charge on any atom is 0.290 e. The Balaban J connectivity index is 0.000000858. The van der Waals surface area contributed by atoms with Crippen molar-refractivity contribution in [2.75, 3.05) is 26.7 Å². The van der Waals surface area contributed by atoms with Crippen LogP contribution in [0.4, 0.5) is 0 Å². The number of carbonyl (C=O) groups is 2. The van der Waals surface area contributed by atoms with Crippen LogP contribution in [0.15, 0.2) is 54.7 Å². The van der Waals surface area contributed by atoms with Crippen molar-refractivity contribution in [1.82, 2.24) is 14.8 Å². The summed E-state index contributed by atoms with van der Waals surface area (Å²) in [4.78, 5) is 29.8. The molecule has 0 spiro atoms. The van der Waals surface area contributed by atoms with Crippen LogP contribution in [0.5, 0.6) is 0 Å². The number of hydrogen-bond acceptors (Lipinski definition) is 5. The van der Waals surface area contributed by atoms with E-state index < -0.39 is 0 Å². The average molecular weight is 426 g/mol. The fourth-order valence-electron chi connectivity index (χ4n) is 4.35. The summed E-state index contributed by atoms with van der Waals surface area (Å²) in [6, 6.07) is 16.4. The number of likely N-dealkylation sites (N-methyl/N-ethyl adjacent to an activating group) is 1. The van der Waals surface area contributed by atoms with Crippen LogP contribution >= 0.6 is 0 Å². The van der Waals surface area contributed by atoms with Crippen molar-refractivity contribution in [2.45, 2.75) is 38.0 Å². The van der Waals surface area contributed by atoms with Crippen LogP contribution in [0.3, 0.4) is 0 Å². The summed E-state index contributed by atoms with van der Waals surface area (Å²) in [5.41, 5.74) is 2.28. The van der Waals surface area contributed by atoms with Crippen LogP contribution in [-0.2, 0) is 27.3 Å². The number of amides is 1. The molecule has 0 radical (unpaired) electrons. The van der Waals surface area contributed by atoms with Gasteiger partial charge in [-0.25, -0.2) is 0 Å². The molecule has 3 heterocycles. The van der Waals surface area contributed by atoms with E-state index in [1.807, 2.05) is 25.2 Å². The van der Waals surface area contributed by atoms with Crippen LogP contribution in [0.1, 0.15) is 24.1 Å². The summed E-state index contributed by atoms with van der Waals surface area (Å²) in [5.74, 6) is 0.584. The Morgan fingerprint density at radius 3 is 2.71 bits per heavy atom. The van der Waals surface area contributed by atoms with E-state index >= 15 is 0 Å². The number of rotatable bonds is 6. The fourth-order valence-corrected chi connectivity index (χ4v) is 4.35. The standard InChI is InChI=1S/C23H29N3O2.CH2O2/c1-25(16-20-9-5-6-12-24-20)23(27)21-15-19-11-14-26(17-22(19)28-21)13-10-18-7-3-2-4-8-18;2-1-3/h2-9,12,19,21-22H,10-11,13-17H2,1H3;1H,(H,2,3)/t19-,21+,22-;/m0./s1.